The van der Waals surface area contributed by atoms with E-state index in [-0.39, 0.29) is 17.3 Å². The fourth-order valence-corrected chi connectivity index (χ4v) is 2.02. The largest absolute Gasteiger partial charge is 0.508 e. The summed E-state index contributed by atoms with van der Waals surface area (Å²) in [7, 11) is 1.56. The third kappa shape index (κ3) is 2.12. The molecule has 0 amide bonds. The molecular formula is C16H12O4. The van der Waals surface area contributed by atoms with Gasteiger partial charge < -0.3 is 14.6 Å². The lowest BCUT2D eigenvalue weighted by Gasteiger charge is -2.01. The van der Waals surface area contributed by atoms with E-state index in [1.54, 1.807) is 55.7 Å². The van der Waals surface area contributed by atoms with Crippen LogP contribution in [-0.4, -0.2) is 18.0 Å². The summed E-state index contributed by atoms with van der Waals surface area (Å²) < 4.78 is 10.7. The maximum atomic E-state index is 12.2. The molecule has 0 aliphatic carbocycles. The van der Waals surface area contributed by atoms with E-state index in [1.807, 2.05) is 0 Å². The number of ketones is 1. The van der Waals surface area contributed by atoms with Crippen molar-refractivity contribution < 1.29 is 19.4 Å². The average Bonchev–Trinajstić information content (AvgIpc) is 2.77. The van der Waals surface area contributed by atoms with Crippen LogP contribution in [0, 0.1) is 0 Å². The van der Waals surface area contributed by atoms with E-state index >= 15 is 0 Å². The number of allylic oxidation sites excluding steroid dienone is 1. The van der Waals surface area contributed by atoms with Crippen molar-refractivity contribution in [1.29, 1.82) is 0 Å². The van der Waals surface area contributed by atoms with Crippen molar-refractivity contribution >= 4 is 11.9 Å². The summed E-state index contributed by atoms with van der Waals surface area (Å²) >= 11 is 0. The number of Topliss-reactive ketones (excluding diaryl/α,β-unsaturated/α-hetero) is 1. The first kappa shape index (κ1) is 12.3. The summed E-state index contributed by atoms with van der Waals surface area (Å²) in [6.07, 6.45) is 1.65. The van der Waals surface area contributed by atoms with Gasteiger partial charge in [-0.25, -0.2) is 0 Å². The highest BCUT2D eigenvalue weighted by molar-refractivity contribution is 6.14. The van der Waals surface area contributed by atoms with Gasteiger partial charge in [0.2, 0.25) is 5.78 Å². The number of fused-ring (bicyclic) bond motifs is 1. The normalized spacial score (nSPS) is 15.1. The second-order valence-corrected chi connectivity index (χ2v) is 4.39. The van der Waals surface area contributed by atoms with E-state index in [0.717, 1.165) is 5.56 Å². The van der Waals surface area contributed by atoms with Crippen molar-refractivity contribution in [2.45, 2.75) is 0 Å². The number of hydrogen-bond acceptors (Lipinski definition) is 4. The third-order valence-corrected chi connectivity index (χ3v) is 3.07. The highest BCUT2D eigenvalue weighted by Crippen LogP contribution is 2.34. The number of methoxy groups -OCH3 is 1. The number of aromatic hydroxyl groups is 1. The smallest absolute Gasteiger partial charge is 0.231 e. The molecule has 0 fully saturated rings. The second kappa shape index (κ2) is 4.74. The van der Waals surface area contributed by atoms with Crippen LogP contribution in [0.2, 0.25) is 0 Å². The number of hydrogen-bond donors (Lipinski definition) is 1. The quantitative estimate of drug-likeness (QED) is 0.851. The Hall–Kier alpha value is -2.75. The van der Waals surface area contributed by atoms with Gasteiger partial charge in [0.25, 0.3) is 0 Å². The molecule has 0 saturated heterocycles. The van der Waals surface area contributed by atoms with Crippen LogP contribution in [0.25, 0.3) is 6.08 Å². The topological polar surface area (TPSA) is 55.8 Å². The first-order chi connectivity index (χ1) is 9.67. The van der Waals surface area contributed by atoms with Crippen LogP contribution < -0.4 is 9.47 Å². The van der Waals surface area contributed by atoms with Gasteiger partial charge in [0.1, 0.15) is 17.2 Å². The maximum absolute atomic E-state index is 12.2. The molecular weight excluding hydrogens is 256 g/mol. The van der Waals surface area contributed by atoms with Crippen LogP contribution in [0.1, 0.15) is 15.9 Å². The number of benzene rings is 2. The monoisotopic (exact) mass is 268 g/mol. The van der Waals surface area contributed by atoms with E-state index in [1.165, 1.54) is 0 Å². The van der Waals surface area contributed by atoms with Gasteiger partial charge in [0.05, 0.1) is 12.7 Å². The van der Waals surface area contributed by atoms with Crippen LogP contribution >= 0.6 is 0 Å². The molecule has 0 atom stereocenters. The summed E-state index contributed by atoms with van der Waals surface area (Å²) in [4.78, 5) is 12.2. The minimum Gasteiger partial charge on any atom is -0.508 e. The SMILES string of the molecule is COc1ccc2c(c1)O/C(=C\c1ccc(O)cc1)C2=O. The highest BCUT2D eigenvalue weighted by Gasteiger charge is 2.27. The third-order valence-electron chi connectivity index (χ3n) is 3.07. The molecule has 0 unspecified atom stereocenters. The molecule has 1 aliphatic rings. The predicted octanol–water partition coefficient (Wildman–Crippen LogP) is 3.02. The van der Waals surface area contributed by atoms with E-state index in [9.17, 15) is 9.90 Å². The maximum Gasteiger partial charge on any atom is 0.231 e. The zero-order chi connectivity index (χ0) is 14.1. The standard InChI is InChI=1S/C16H12O4/c1-19-12-6-7-13-14(9-12)20-15(16(13)18)8-10-2-4-11(17)5-3-10/h2-9,17H,1H3/b15-8-. The number of phenols is 1. The van der Waals surface area contributed by atoms with E-state index < -0.39 is 0 Å². The first-order valence-corrected chi connectivity index (χ1v) is 6.09. The molecule has 20 heavy (non-hydrogen) atoms. The van der Waals surface area contributed by atoms with Crippen molar-refractivity contribution in [1.82, 2.24) is 0 Å². The Morgan fingerprint density at radius 1 is 1.15 bits per heavy atom. The van der Waals surface area contributed by atoms with Gasteiger partial charge in [-0.05, 0) is 35.9 Å². The Kier molecular flexibility index (Phi) is 2.91. The second-order valence-electron chi connectivity index (χ2n) is 4.39. The van der Waals surface area contributed by atoms with Crippen LogP contribution in [0.5, 0.6) is 17.2 Å². The molecule has 0 radical (unpaired) electrons. The minimum absolute atomic E-state index is 0.157. The molecule has 1 aliphatic heterocycles. The van der Waals surface area contributed by atoms with Crippen LogP contribution in [0.15, 0.2) is 48.2 Å². The highest BCUT2D eigenvalue weighted by atomic mass is 16.5. The lowest BCUT2D eigenvalue weighted by molar-refractivity contribution is 0.101. The number of phenolic OH excluding ortho intramolecular Hbond substituents is 1. The van der Waals surface area contributed by atoms with Gasteiger partial charge in [0.15, 0.2) is 5.76 Å². The predicted molar refractivity (Wildman–Crippen MR) is 74.0 cm³/mol. The molecule has 4 nitrogen and oxygen atoms in total. The Balaban J connectivity index is 1.94. The number of carbonyl (C=O) groups is 1. The molecule has 0 bridgehead atoms. The summed E-state index contributed by atoms with van der Waals surface area (Å²) in [5, 5.41) is 9.24. The van der Waals surface area contributed by atoms with Crippen molar-refractivity contribution in [2.24, 2.45) is 0 Å². The van der Waals surface area contributed by atoms with Crippen LogP contribution in [0.4, 0.5) is 0 Å². The van der Waals surface area contributed by atoms with Crippen LogP contribution in [0.3, 0.4) is 0 Å². The minimum atomic E-state index is -0.157. The van der Waals surface area contributed by atoms with Crippen molar-refractivity contribution in [2.75, 3.05) is 7.11 Å². The lowest BCUT2D eigenvalue weighted by atomic mass is 10.1. The summed E-state index contributed by atoms with van der Waals surface area (Å²) in [6, 6.07) is 11.6. The van der Waals surface area contributed by atoms with E-state index in [4.69, 9.17) is 9.47 Å². The Labute approximate surface area is 115 Å². The molecule has 2 aromatic rings. The summed E-state index contributed by atoms with van der Waals surface area (Å²) in [5.74, 6) is 1.43. The van der Waals surface area contributed by atoms with Gasteiger partial charge in [-0.3, -0.25) is 4.79 Å². The van der Waals surface area contributed by atoms with Crippen molar-refractivity contribution in [3.8, 4) is 17.2 Å². The van der Waals surface area contributed by atoms with Crippen molar-refractivity contribution in [3.63, 3.8) is 0 Å². The van der Waals surface area contributed by atoms with Gasteiger partial charge >= 0.3 is 0 Å². The van der Waals surface area contributed by atoms with Gasteiger partial charge in [-0.15, -0.1) is 0 Å². The molecule has 4 heteroatoms. The fourth-order valence-electron chi connectivity index (χ4n) is 2.02. The molecule has 1 heterocycles. The molecule has 0 spiro atoms. The Bertz CT molecular complexity index is 699. The molecule has 1 N–H and O–H groups in total. The average molecular weight is 268 g/mol. The Morgan fingerprint density at radius 2 is 1.90 bits per heavy atom. The number of ether oxygens (including phenoxy) is 2. The van der Waals surface area contributed by atoms with Gasteiger partial charge in [-0.2, -0.15) is 0 Å². The Morgan fingerprint density at radius 3 is 2.60 bits per heavy atom. The summed E-state index contributed by atoms with van der Waals surface area (Å²) in [5.41, 5.74) is 1.31. The van der Waals surface area contributed by atoms with E-state index in [2.05, 4.69) is 0 Å². The van der Waals surface area contributed by atoms with Gasteiger partial charge in [0, 0.05) is 6.07 Å². The molecule has 0 saturated carbocycles. The molecule has 100 valence electrons. The van der Waals surface area contributed by atoms with Gasteiger partial charge in [-0.1, -0.05) is 12.1 Å². The fraction of sp³-hybridized carbons (Fsp3) is 0.0625. The molecule has 2 aromatic carbocycles. The molecule has 0 aromatic heterocycles. The number of carbonyl (C=O) groups excluding carboxylic acids is 1. The zero-order valence-electron chi connectivity index (χ0n) is 10.8. The van der Waals surface area contributed by atoms with Crippen molar-refractivity contribution in [3.05, 3.63) is 59.4 Å². The first-order valence-electron chi connectivity index (χ1n) is 6.09. The number of rotatable bonds is 2. The van der Waals surface area contributed by atoms with Crippen LogP contribution in [-0.2, 0) is 0 Å². The zero-order valence-corrected chi connectivity index (χ0v) is 10.8. The summed E-state index contributed by atoms with van der Waals surface area (Å²) in [6.45, 7) is 0. The van der Waals surface area contributed by atoms with E-state index in [0.29, 0.717) is 17.1 Å². The lowest BCUT2D eigenvalue weighted by Crippen LogP contribution is -1.97. The molecule has 3 rings (SSSR count).